The van der Waals surface area contributed by atoms with Crippen molar-refractivity contribution >= 4 is 26.5 Å². The van der Waals surface area contributed by atoms with Gasteiger partial charge in [0.05, 0.1) is 5.75 Å². The molecule has 0 amide bonds. The lowest BCUT2D eigenvalue weighted by molar-refractivity contribution is 0.385. The van der Waals surface area contributed by atoms with E-state index >= 15 is 0 Å². The second-order valence-corrected chi connectivity index (χ2v) is 7.79. The third-order valence-electron chi connectivity index (χ3n) is 4.20. The Morgan fingerprint density at radius 1 is 0.955 bits per heavy atom. The Kier molecular flexibility index (Phi) is 4.36. The lowest BCUT2D eigenvalue weighted by Crippen LogP contribution is -2.49. The second kappa shape index (κ2) is 6.26. The summed E-state index contributed by atoms with van der Waals surface area (Å²) < 4.78 is 25.9. The smallest absolute Gasteiger partial charge is 0.214 e. The Morgan fingerprint density at radius 3 is 2.36 bits per heavy atom. The van der Waals surface area contributed by atoms with E-state index in [1.54, 1.807) is 4.31 Å². The molecule has 1 aliphatic heterocycles. The minimum atomic E-state index is -3.07. The van der Waals surface area contributed by atoms with E-state index in [1.165, 1.54) is 16.5 Å². The number of benzene rings is 2. The van der Waals surface area contributed by atoms with E-state index in [0.29, 0.717) is 19.5 Å². The van der Waals surface area contributed by atoms with Crippen LogP contribution in [0.3, 0.4) is 0 Å². The van der Waals surface area contributed by atoms with Gasteiger partial charge < -0.3 is 4.90 Å². The maximum Gasteiger partial charge on any atom is 0.214 e. The number of nitrogens with zero attached hydrogens (tertiary/aromatic N) is 2. The molecule has 118 valence electrons. The van der Waals surface area contributed by atoms with Gasteiger partial charge in [0.25, 0.3) is 0 Å². The normalized spacial score (nSPS) is 17.0. The summed E-state index contributed by atoms with van der Waals surface area (Å²) in [5.74, 6) is 0.251. The summed E-state index contributed by atoms with van der Waals surface area (Å²) >= 11 is 0. The molecular formula is C17H22N2O2S. The molecule has 0 N–H and O–H groups in total. The standard InChI is InChI=1S/C17H22N2O2S/c1-2-14-22(20,21)19-12-10-18(11-13-19)17-9-5-7-15-6-3-4-8-16(15)17/h3-9H,2,10-14H2,1H3. The molecule has 0 aliphatic carbocycles. The Morgan fingerprint density at radius 2 is 1.64 bits per heavy atom. The summed E-state index contributed by atoms with van der Waals surface area (Å²) in [7, 11) is -3.07. The zero-order chi connectivity index (χ0) is 15.6. The number of rotatable bonds is 4. The van der Waals surface area contributed by atoms with E-state index in [-0.39, 0.29) is 5.75 Å². The van der Waals surface area contributed by atoms with E-state index in [9.17, 15) is 8.42 Å². The molecule has 22 heavy (non-hydrogen) atoms. The number of hydrogen-bond donors (Lipinski definition) is 0. The van der Waals surface area contributed by atoms with E-state index in [1.807, 2.05) is 19.1 Å². The van der Waals surface area contributed by atoms with Gasteiger partial charge in [0.2, 0.25) is 10.0 Å². The van der Waals surface area contributed by atoms with Gasteiger partial charge >= 0.3 is 0 Å². The van der Waals surface area contributed by atoms with Gasteiger partial charge in [0, 0.05) is 37.3 Å². The highest BCUT2D eigenvalue weighted by Crippen LogP contribution is 2.27. The highest BCUT2D eigenvalue weighted by atomic mass is 32.2. The second-order valence-electron chi connectivity index (χ2n) is 5.70. The molecular weight excluding hydrogens is 296 g/mol. The van der Waals surface area contributed by atoms with Crippen LogP contribution in [-0.2, 0) is 10.0 Å². The van der Waals surface area contributed by atoms with Crippen molar-refractivity contribution < 1.29 is 8.42 Å². The molecule has 0 unspecified atom stereocenters. The van der Waals surface area contributed by atoms with Crippen LogP contribution in [0.1, 0.15) is 13.3 Å². The molecule has 2 aromatic carbocycles. The minimum absolute atomic E-state index is 0.251. The highest BCUT2D eigenvalue weighted by Gasteiger charge is 2.26. The van der Waals surface area contributed by atoms with Crippen LogP contribution in [-0.4, -0.2) is 44.7 Å². The van der Waals surface area contributed by atoms with Gasteiger partial charge in [0.1, 0.15) is 0 Å². The first kappa shape index (κ1) is 15.3. The summed E-state index contributed by atoms with van der Waals surface area (Å²) in [4.78, 5) is 2.29. The van der Waals surface area contributed by atoms with Gasteiger partial charge in [-0.1, -0.05) is 43.3 Å². The first-order valence-electron chi connectivity index (χ1n) is 7.82. The monoisotopic (exact) mass is 318 g/mol. The van der Waals surface area contributed by atoms with Crippen LogP contribution in [0.5, 0.6) is 0 Å². The van der Waals surface area contributed by atoms with Crippen molar-refractivity contribution in [2.24, 2.45) is 0 Å². The lowest BCUT2D eigenvalue weighted by Gasteiger charge is -2.36. The maximum atomic E-state index is 12.1. The number of fused-ring (bicyclic) bond motifs is 1. The summed E-state index contributed by atoms with van der Waals surface area (Å²) in [6.07, 6.45) is 0.672. The van der Waals surface area contributed by atoms with Gasteiger partial charge in [-0.3, -0.25) is 0 Å². The molecule has 2 aromatic rings. The van der Waals surface area contributed by atoms with Crippen molar-refractivity contribution in [3.8, 4) is 0 Å². The van der Waals surface area contributed by atoms with E-state index in [2.05, 4.69) is 35.2 Å². The molecule has 0 radical (unpaired) electrons. The lowest BCUT2D eigenvalue weighted by atomic mass is 10.1. The quantitative estimate of drug-likeness (QED) is 0.870. The average Bonchev–Trinajstić information content (AvgIpc) is 2.54. The minimum Gasteiger partial charge on any atom is -0.368 e. The fourth-order valence-electron chi connectivity index (χ4n) is 3.08. The molecule has 0 bridgehead atoms. The first-order valence-corrected chi connectivity index (χ1v) is 9.43. The van der Waals surface area contributed by atoms with Gasteiger partial charge in [-0.2, -0.15) is 4.31 Å². The van der Waals surface area contributed by atoms with Gasteiger partial charge in [-0.05, 0) is 17.9 Å². The van der Waals surface area contributed by atoms with Crippen LogP contribution in [0.4, 0.5) is 5.69 Å². The number of piperazine rings is 1. The Labute approximate surface area is 132 Å². The van der Waals surface area contributed by atoms with Crippen molar-refractivity contribution in [3.05, 3.63) is 42.5 Å². The summed E-state index contributed by atoms with van der Waals surface area (Å²) in [6, 6.07) is 14.6. The molecule has 0 aromatic heterocycles. The van der Waals surface area contributed by atoms with Crippen LogP contribution in [0, 0.1) is 0 Å². The molecule has 1 fully saturated rings. The molecule has 1 aliphatic rings. The van der Waals surface area contributed by atoms with Crippen LogP contribution >= 0.6 is 0 Å². The van der Waals surface area contributed by atoms with Crippen LogP contribution < -0.4 is 4.90 Å². The zero-order valence-electron chi connectivity index (χ0n) is 12.9. The third kappa shape index (κ3) is 2.96. The molecule has 1 heterocycles. The fourth-order valence-corrected chi connectivity index (χ4v) is 4.57. The average molecular weight is 318 g/mol. The molecule has 0 spiro atoms. The highest BCUT2D eigenvalue weighted by molar-refractivity contribution is 7.89. The maximum absolute atomic E-state index is 12.1. The van der Waals surface area contributed by atoms with Crippen molar-refractivity contribution in [3.63, 3.8) is 0 Å². The zero-order valence-corrected chi connectivity index (χ0v) is 13.7. The van der Waals surface area contributed by atoms with Gasteiger partial charge in [-0.15, -0.1) is 0 Å². The summed E-state index contributed by atoms with van der Waals surface area (Å²) in [5, 5.41) is 2.45. The summed E-state index contributed by atoms with van der Waals surface area (Å²) in [5.41, 5.74) is 1.20. The summed E-state index contributed by atoms with van der Waals surface area (Å²) in [6.45, 7) is 4.55. The molecule has 1 saturated heterocycles. The van der Waals surface area contributed by atoms with Crippen LogP contribution in [0.15, 0.2) is 42.5 Å². The topological polar surface area (TPSA) is 40.6 Å². The Hall–Kier alpha value is -1.59. The van der Waals surface area contributed by atoms with Gasteiger partial charge in [0.15, 0.2) is 0 Å². The predicted octanol–water partition coefficient (Wildman–Crippen LogP) is 2.70. The van der Waals surface area contributed by atoms with Crippen LogP contribution in [0.25, 0.3) is 10.8 Å². The van der Waals surface area contributed by atoms with Crippen molar-refractivity contribution in [1.82, 2.24) is 4.31 Å². The Bertz CT molecular complexity index is 745. The van der Waals surface area contributed by atoms with E-state index in [4.69, 9.17) is 0 Å². The molecule has 5 heteroatoms. The van der Waals surface area contributed by atoms with Gasteiger partial charge in [-0.25, -0.2) is 8.42 Å². The van der Waals surface area contributed by atoms with E-state index in [0.717, 1.165) is 13.1 Å². The first-order chi connectivity index (χ1) is 10.6. The molecule has 4 nitrogen and oxygen atoms in total. The van der Waals surface area contributed by atoms with Crippen LogP contribution in [0.2, 0.25) is 0 Å². The molecule has 0 saturated carbocycles. The largest absolute Gasteiger partial charge is 0.368 e. The SMILES string of the molecule is CCCS(=O)(=O)N1CCN(c2cccc3ccccc23)CC1. The molecule has 0 atom stereocenters. The Balaban J connectivity index is 1.79. The number of sulfonamides is 1. The van der Waals surface area contributed by atoms with E-state index < -0.39 is 10.0 Å². The third-order valence-corrected chi connectivity index (χ3v) is 6.28. The fraction of sp³-hybridized carbons (Fsp3) is 0.412. The van der Waals surface area contributed by atoms with Crippen molar-refractivity contribution in [2.75, 3.05) is 36.8 Å². The van der Waals surface area contributed by atoms with Crippen molar-refractivity contribution in [2.45, 2.75) is 13.3 Å². The van der Waals surface area contributed by atoms with Crippen molar-refractivity contribution in [1.29, 1.82) is 0 Å². The predicted molar refractivity (Wildman–Crippen MR) is 91.8 cm³/mol. The molecule has 3 rings (SSSR count). The number of hydrogen-bond acceptors (Lipinski definition) is 3. The number of anilines is 1.